The van der Waals surface area contributed by atoms with Gasteiger partial charge in [-0.2, -0.15) is 13.5 Å². The molecule has 1 amide bonds. The SMILES string of the molecule is O=C(NCc1cccs1)[C@@H](Cc1ccccc1)NS(=O)(=O)c1cccc2nsnc12. The van der Waals surface area contributed by atoms with Gasteiger partial charge >= 0.3 is 0 Å². The molecule has 7 nitrogen and oxygen atoms in total. The van der Waals surface area contributed by atoms with Crippen molar-refractivity contribution in [1.29, 1.82) is 0 Å². The molecule has 0 aliphatic carbocycles. The molecule has 4 aromatic rings. The van der Waals surface area contributed by atoms with Crippen molar-refractivity contribution in [2.24, 2.45) is 0 Å². The van der Waals surface area contributed by atoms with E-state index in [2.05, 4.69) is 18.8 Å². The molecule has 0 aliphatic rings. The number of benzene rings is 2. The zero-order chi connectivity index (χ0) is 21.0. The second-order valence-electron chi connectivity index (χ2n) is 6.55. The Balaban J connectivity index is 1.59. The van der Waals surface area contributed by atoms with Gasteiger partial charge in [-0.25, -0.2) is 8.42 Å². The number of carbonyl (C=O) groups excluding carboxylic acids is 1. The lowest BCUT2D eigenvalue weighted by molar-refractivity contribution is -0.122. The van der Waals surface area contributed by atoms with Gasteiger partial charge in [0.15, 0.2) is 0 Å². The van der Waals surface area contributed by atoms with Gasteiger partial charge in [-0.15, -0.1) is 11.3 Å². The van der Waals surface area contributed by atoms with Crippen molar-refractivity contribution in [3.05, 3.63) is 76.5 Å². The van der Waals surface area contributed by atoms with Gasteiger partial charge in [0.25, 0.3) is 0 Å². The molecule has 2 aromatic heterocycles. The number of hydrogen-bond acceptors (Lipinski definition) is 7. The first-order chi connectivity index (χ1) is 14.5. The summed E-state index contributed by atoms with van der Waals surface area (Å²) in [4.78, 5) is 13.9. The summed E-state index contributed by atoms with van der Waals surface area (Å²) >= 11 is 2.47. The van der Waals surface area contributed by atoms with Gasteiger partial charge in [-0.05, 0) is 35.6 Å². The van der Waals surface area contributed by atoms with Crippen molar-refractivity contribution in [2.75, 3.05) is 0 Å². The molecular formula is C20H18N4O3S3. The van der Waals surface area contributed by atoms with Crippen LogP contribution < -0.4 is 10.0 Å². The second kappa shape index (κ2) is 9.00. The van der Waals surface area contributed by atoms with Crippen LogP contribution in [0.4, 0.5) is 0 Å². The van der Waals surface area contributed by atoms with Gasteiger partial charge in [0.05, 0.1) is 18.3 Å². The van der Waals surface area contributed by atoms with Crippen molar-refractivity contribution in [3.8, 4) is 0 Å². The monoisotopic (exact) mass is 458 g/mol. The molecule has 1 atom stereocenters. The van der Waals surface area contributed by atoms with Crippen molar-refractivity contribution in [2.45, 2.75) is 23.9 Å². The smallest absolute Gasteiger partial charge is 0.243 e. The molecule has 154 valence electrons. The van der Waals surface area contributed by atoms with Crippen LogP contribution in [0.15, 0.2) is 70.9 Å². The van der Waals surface area contributed by atoms with E-state index in [1.807, 2.05) is 47.8 Å². The predicted octanol–water partition coefficient (Wildman–Crippen LogP) is 2.96. The minimum absolute atomic E-state index is 0.0119. The van der Waals surface area contributed by atoms with Gasteiger partial charge in [0.1, 0.15) is 22.0 Å². The molecule has 0 unspecified atom stereocenters. The van der Waals surface area contributed by atoms with E-state index in [9.17, 15) is 13.2 Å². The van der Waals surface area contributed by atoms with E-state index in [1.165, 1.54) is 17.4 Å². The minimum Gasteiger partial charge on any atom is -0.350 e. The standard InChI is InChI=1S/C20H18N4O3S3/c25-20(21-13-15-8-5-11-28-15)17(12-14-6-2-1-3-7-14)24-30(26,27)18-10-4-9-16-19(18)23-29-22-16/h1-11,17,24H,12-13H2,(H,21,25)/t17-/m1/s1. The third kappa shape index (κ3) is 4.73. The number of sulfonamides is 1. The summed E-state index contributed by atoms with van der Waals surface area (Å²) in [5.41, 5.74) is 1.65. The highest BCUT2D eigenvalue weighted by Gasteiger charge is 2.28. The topological polar surface area (TPSA) is 101 Å². The number of aromatic nitrogens is 2. The number of fused-ring (bicyclic) bond motifs is 1. The molecule has 0 saturated heterocycles. The quantitative estimate of drug-likeness (QED) is 0.423. The summed E-state index contributed by atoms with van der Waals surface area (Å²) in [6, 6.07) is 16.9. The highest BCUT2D eigenvalue weighted by Crippen LogP contribution is 2.21. The first-order valence-corrected chi connectivity index (χ1v) is 12.2. The van der Waals surface area contributed by atoms with Crippen molar-refractivity contribution < 1.29 is 13.2 Å². The Labute approximate surface area is 182 Å². The zero-order valence-corrected chi connectivity index (χ0v) is 18.1. The normalized spacial score (nSPS) is 12.7. The Bertz CT molecular complexity index is 1240. The van der Waals surface area contributed by atoms with Crippen LogP contribution in [-0.2, 0) is 27.8 Å². The molecule has 30 heavy (non-hydrogen) atoms. The van der Waals surface area contributed by atoms with Crippen molar-refractivity contribution in [1.82, 2.24) is 18.8 Å². The lowest BCUT2D eigenvalue weighted by Gasteiger charge is -2.19. The van der Waals surface area contributed by atoms with E-state index < -0.39 is 16.1 Å². The van der Waals surface area contributed by atoms with Crippen LogP contribution in [-0.4, -0.2) is 29.1 Å². The molecule has 10 heteroatoms. The average molecular weight is 459 g/mol. The van der Waals surface area contributed by atoms with Crippen LogP contribution in [0.5, 0.6) is 0 Å². The van der Waals surface area contributed by atoms with E-state index in [1.54, 1.807) is 12.1 Å². The first-order valence-electron chi connectivity index (χ1n) is 9.10. The largest absolute Gasteiger partial charge is 0.350 e. The fraction of sp³-hybridized carbons (Fsp3) is 0.150. The van der Waals surface area contributed by atoms with E-state index in [-0.39, 0.29) is 17.2 Å². The van der Waals surface area contributed by atoms with E-state index in [0.29, 0.717) is 17.6 Å². The summed E-state index contributed by atoms with van der Waals surface area (Å²) in [6.45, 7) is 0.342. The Morgan fingerprint density at radius 2 is 1.83 bits per heavy atom. The lowest BCUT2D eigenvalue weighted by Crippen LogP contribution is -2.47. The fourth-order valence-corrected chi connectivity index (χ4v) is 5.60. The maximum atomic E-state index is 13.1. The maximum absolute atomic E-state index is 13.1. The maximum Gasteiger partial charge on any atom is 0.243 e. The van der Waals surface area contributed by atoms with Gasteiger partial charge in [0.2, 0.25) is 15.9 Å². The van der Waals surface area contributed by atoms with Crippen LogP contribution >= 0.6 is 23.1 Å². The molecule has 2 N–H and O–H groups in total. The van der Waals surface area contributed by atoms with Crippen molar-refractivity contribution in [3.63, 3.8) is 0 Å². The van der Waals surface area contributed by atoms with Crippen LogP contribution in [0.2, 0.25) is 0 Å². The van der Waals surface area contributed by atoms with Crippen LogP contribution in [0.25, 0.3) is 11.0 Å². The van der Waals surface area contributed by atoms with Crippen LogP contribution in [0.3, 0.4) is 0 Å². The predicted molar refractivity (Wildman–Crippen MR) is 118 cm³/mol. The zero-order valence-electron chi connectivity index (χ0n) is 15.7. The number of carbonyl (C=O) groups is 1. The molecule has 0 bridgehead atoms. The summed E-state index contributed by atoms with van der Waals surface area (Å²) < 4.78 is 37.0. The third-order valence-electron chi connectivity index (χ3n) is 4.45. The van der Waals surface area contributed by atoms with Crippen molar-refractivity contribution >= 4 is 50.0 Å². The number of nitrogens with one attached hydrogen (secondary N) is 2. The Kier molecular flexibility index (Phi) is 6.18. The van der Waals surface area contributed by atoms with E-state index >= 15 is 0 Å². The Morgan fingerprint density at radius 3 is 2.60 bits per heavy atom. The summed E-state index contributed by atoms with van der Waals surface area (Å²) in [5.74, 6) is -0.389. The average Bonchev–Trinajstić information content (AvgIpc) is 3.43. The molecule has 2 heterocycles. The highest BCUT2D eigenvalue weighted by atomic mass is 32.2. The third-order valence-corrected chi connectivity index (χ3v) is 7.37. The number of amides is 1. The Morgan fingerprint density at radius 1 is 1.00 bits per heavy atom. The summed E-state index contributed by atoms with van der Waals surface area (Å²) in [7, 11) is -4.00. The lowest BCUT2D eigenvalue weighted by atomic mass is 10.1. The molecule has 0 saturated carbocycles. The van der Waals surface area contributed by atoms with Gasteiger partial charge < -0.3 is 5.32 Å². The van der Waals surface area contributed by atoms with Gasteiger partial charge in [0, 0.05) is 4.88 Å². The molecular weight excluding hydrogens is 440 g/mol. The highest BCUT2D eigenvalue weighted by molar-refractivity contribution is 7.89. The molecule has 0 spiro atoms. The van der Waals surface area contributed by atoms with Crippen LogP contribution in [0, 0.1) is 0 Å². The van der Waals surface area contributed by atoms with E-state index in [4.69, 9.17) is 0 Å². The second-order valence-corrected chi connectivity index (χ2v) is 9.79. The number of nitrogens with zero attached hydrogens (tertiary/aromatic N) is 2. The van der Waals surface area contributed by atoms with Crippen LogP contribution in [0.1, 0.15) is 10.4 Å². The minimum atomic E-state index is -4.00. The fourth-order valence-electron chi connectivity index (χ4n) is 3.00. The molecule has 4 rings (SSSR count). The number of thiophene rings is 1. The van der Waals surface area contributed by atoms with Gasteiger partial charge in [-0.1, -0.05) is 42.5 Å². The molecule has 0 aliphatic heterocycles. The van der Waals surface area contributed by atoms with E-state index in [0.717, 1.165) is 22.2 Å². The Hall–Kier alpha value is -2.66. The summed E-state index contributed by atoms with van der Waals surface area (Å²) in [6.07, 6.45) is 0.224. The molecule has 0 fully saturated rings. The number of hydrogen-bond donors (Lipinski definition) is 2. The first kappa shape index (κ1) is 20.6. The molecule has 0 radical (unpaired) electrons. The number of rotatable bonds is 8. The molecule has 2 aromatic carbocycles. The van der Waals surface area contributed by atoms with Gasteiger partial charge in [-0.3, -0.25) is 4.79 Å². The summed E-state index contributed by atoms with van der Waals surface area (Å²) in [5, 5.41) is 4.76.